The molecule has 8 N–H and O–H groups in total. The van der Waals surface area contributed by atoms with Crippen LogP contribution in [0, 0.1) is 12.3 Å². The number of likely N-dealkylation sites (tertiary alicyclic amines) is 1. The first kappa shape index (κ1) is 46.0. The first-order valence-electron chi connectivity index (χ1n) is 19.0. The minimum absolute atomic E-state index is 0. The zero-order chi connectivity index (χ0) is 40.3. The quantitative estimate of drug-likeness (QED) is 0.102. The van der Waals surface area contributed by atoms with Crippen molar-refractivity contribution in [1.82, 2.24) is 25.8 Å². The van der Waals surface area contributed by atoms with Crippen molar-refractivity contribution < 1.29 is 29.1 Å². The third-order valence-corrected chi connectivity index (χ3v) is 10.9. The molecule has 15 heteroatoms. The summed E-state index contributed by atoms with van der Waals surface area (Å²) >= 11 is 1.58. The minimum atomic E-state index is -0.887. The molecule has 0 bridgehead atoms. The molecule has 56 heavy (non-hydrogen) atoms. The lowest BCUT2D eigenvalue weighted by Crippen LogP contribution is -2.57. The van der Waals surface area contributed by atoms with E-state index >= 15 is 0 Å². The Bertz CT molecular complexity index is 1800. The molecule has 0 saturated carbocycles. The van der Waals surface area contributed by atoms with Gasteiger partial charge in [-0.1, -0.05) is 75.7 Å². The largest absolute Gasteiger partial charge is 0.391 e. The standard InChI is InChI=1S/C41H57N7O6S.ClH/c1-25(29-14-16-30(17-15-29)36-26(2)45-24-55-36)46-39(53)33-21-31(49)23-48(33)40(54)37(41(3,4)5)47-35(51)13-8-6-7-10-27-11-9-12-28(20-27)22-44-38(52)32(42)18-19-34(43)50;/h9,11-12,14-17,20,24-25,31-33,37,49H,6-8,10,13,18-19,21-23,42H2,1-5H3,(H2,43,50)(H,44,52)(H,46,53)(H,47,51);1H/t25-,31+,32-,33-,37+;/m0./s1. The molecule has 1 aliphatic rings. The maximum Gasteiger partial charge on any atom is 0.246 e. The molecule has 3 aromatic rings. The second-order valence-electron chi connectivity index (χ2n) is 15.6. The van der Waals surface area contributed by atoms with Gasteiger partial charge in [0.25, 0.3) is 0 Å². The fourth-order valence-electron chi connectivity index (χ4n) is 6.68. The molecule has 2 aromatic carbocycles. The summed E-state index contributed by atoms with van der Waals surface area (Å²) in [6.07, 6.45) is 2.81. The van der Waals surface area contributed by atoms with Crippen LogP contribution in [0.1, 0.15) is 101 Å². The number of β-amino-alcohol motifs (C(OH)–C–C–N with tert-alkyl or cyclic N) is 1. The van der Waals surface area contributed by atoms with Crippen LogP contribution in [0.15, 0.2) is 54.0 Å². The average molecular weight is 812 g/mol. The Morgan fingerprint density at radius 2 is 1.70 bits per heavy atom. The van der Waals surface area contributed by atoms with Crippen LogP contribution in [0.3, 0.4) is 0 Å². The number of aliphatic hydroxyl groups is 1. The average Bonchev–Trinajstić information content (AvgIpc) is 3.76. The van der Waals surface area contributed by atoms with Crippen LogP contribution in [-0.4, -0.2) is 75.3 Å². The number of rotatable bonds is 18. The number of amides is 5. The van der Waals surface area contributed by atoms with Crippen molar-refractivity contribution in [1.29, 1.82) is 0 Å². The van der Waals surface area contributed by atoms with Crippen molar-refractivity contribution in [2.45, 2.75) is 123 Å². The summed E-state index contributed by atoms with van der Waals surface area (Å²) in [4.78, 5) is 70.8. The molecule has 0 spiro atoms. The highest BCUT2D eigenvalue weighted by Crippen LogP contribution is 2.29. The topological polar surface area (TPSA) is 210 Å². The van der Waals surface area contributed by atoms with Crippen LogP contribution < -0.4 is 27.4 Å². The maximum atomic E-state index is 14.0. The van der Waals surface area contributed by atoms with Gasteiger partial charge in [-0.3, -0.25) is 24.0 Å². The van der Waals surface area contributed by atoms with Crippen LogP contribution in [0.2, 0.25) is 0 Å². The third-order valence-electron chi connectivity index (χ3n) is 9.93. The summed E-state index contributed by atoms with van der Waals surface area (Å²) < 4.78 is 0. The van der Waals surface area contributed by atoms with Gasteiger partial charge in [0, 0.05) is 32.4 Å². The number of nitrogens with one attached hydrogen (secondary N) is 3. The predicted octanol–water partition coefficient (Wildman–Crippen LogP) is 4.22. The lowest BCUT2D eigenvalue weighted by atomic mass is 9.85. The summed E-state index contributed by atoms with van der Waals surface area (Å²) in [6, 6.07) is 12.9. The molecular formula is C41H58ClN7O6S. The second-order valence-corrected chi connectivity index (χ2v) is 16.4. The fourth-order valence-corrected chi connectivity index (χ4v) is 7.50. The molecule has 5 atom stereocenters. The number of carbonyl (C=O) groups excluding carboxylic acids is 5. The van der Waals surface area contributed by atoms with Crippen LogP contribution in [0.25, 0.3) is 10.4 Å². The van der Waals surface area contributed by atoms with Crippen LogP contribution in [0.5, 0.6) is 0 Å². The van der Waals surface area contributed by atoms with E-state index in [4.69, 9.17) is 11.5 Å². The van der Waals surface area contributed by atoms with Gasteiger partial charge in [-0.2, -0.15) is 0 Å². The van der Waals surface area contributed by atoms with Crippen molar-refractivity contribution in [3.05, 3.63) is 76.4 Å². The number of hydrogen-bond donors (Lipinski definition) is 6. The highest BCUT2D eigenvalue weighted by atomic mass is 35.5. The van der Waals surface area contributed by atoms with E-state index in [1.54, 1.807) is 11.3 Å². The van der Waals surface area contributed by atoms with Crippen molar-refractivity contribution in [3.8, 4) is 10.4 Å². The summed E-state index contributed by atoms with van der Waals surface area (Å²) in [5.74, 6) is -1.82. The van der Waals surface area contributed by atoms with E-state index in [0.717, 1.165) is 52.1 Å². The van der Waals surface area contributed by atoms with Gasteiger partial charge in [0.15, 0.2) is 0 Å². The zero-order valence-electron chi connectivity index (χ0n) is 33.0. The van der Waals surface area contributed by atoms with Gasteiger partial charge in [0.1, 0.15) is 12.1 Å². The Hall–Kier alpha value is -4.37. The summed E-state index contributed by atoms with van der Waals surface area (Å²) in [5.41, 5.74) is 17.1. The molecular weight excluding hydrogens is 754 g/mol. The number of aryl methyl sites for hydroxylation is 2. The number of nitrogens with zero attached hydrogens (tertiary/aromatic N) is 2. The number of unbranched alkanes of at least 4 members (excludes halogenated alkanes) is 2. The monoisotopic (exact) mass is 811 g/mol. The molecule has 306 valence electrons. The van der Waals surface area contributed by atoms with Gasteiger partial charge in [-0.05, 0) is 67.2 Å². The maximum absolute atomic E-state index is 14.0. The molecule has 0 radical (unpaired) electrons. The lowest BCUT2D eigenvalue weighted by Gasteiger charge is -2.35. The van der Waals surface area contributed by atoms with E-state index in [1.165, 1.54) is 4.90 Å². The number of primary amides is 1. The number of thiazole rings is 1. The minimum Gasteiger partial charge on any atom is -0.391 e. The van der Waals surface area contributed by atoms with Gasteiger partial charge >= 0.3 is 0 Å². The summed E-state index contributed by atoms with van der Waals surface area (Å²) in [6.45, 7) is 9.79. The van der Waals surface area contributed by atoms with E-state index in [-0.39, 0.29) is 68.4 Å². The number of carbonyl (C=O) groups is 5. The first-order chi connectivity index (χ1) is 26.0. The smallest absolute Gasteiger partial charge is 0.246 e. The molecule has 1 aromatic heterocycles. The van der Waals surface area contributed by atoms with Crippen molar-refractivity contribution in [2.24, 2.45) is 16.9 Å². The second kappa shape index (κ2) is 21.2. The van der Waals surface area contributed by atoms with Crippen LogP contribution >= 0.6 is 23.7 Å². The number of halogens is 1. The highest BCUT2D eigenvalue weighted by molar-refractivity contribution is 7.13. The molecule has 0 unspecified atom stereocenters. The van der Waals surface area contributed by atoms with Gasteiger partial charge < -0.3 is 37.4 Å². The van der Waals surface area contributed by atoms with Gasteiger partial charge in [-0.15, -0.1) is 23.7 Å². The van der Waals surface area contributed by atoms with E-state index in [0.29, 0.717) is 13.0 Å². The van der Waals surface area contributed by atoms with Crippen LogP contribution in [-0.2, 0) is 36.9 Å². The number of aliphatic hydroxyl groups excluding tert-OH is 1. The molecule has 5 amide bonds. The Morgan fingerprint density at radius 1 is 1.00 bits per heavy atom. The van der Waals surface area contributed by atoms with E-state index in [2.05, 4.69) is 20.9 Å². The zero-order valence-corrected chi connectivity index (χ0v) is 34.6. The Kier molecular flexibility index (Phi) is 17.5. The van der Waals surface area contributed by atoms with Crippen molar-refractivity contribution in [2.75, 3.05) is 6.54 Å². The Morgan fingerprint density at radius 3 is 2.34 bits per heavy atom. The first-order valence-corrected chi connectivity index (χ1v) is 19.9. The number of aromatic nitrogens is 1. The normalized spacial score (nSPS) is 16.9. The fraction of sp³-hybridized carbons (Fsp3) is 0.512. The number of benzene rings is 2. The van der Waals surface area contributed by atoms with Gasteiger partial charge in [-0.25, -0.2) is 4.98 Å². The Labute approximate surface area is 340 Å². The molecule has 1 fully saturated rings. The van der Waals surface area contributed by atoms with E-state index in [1.807, 2.05) is 88.7 Å². The predicted molar refractivity (Wildman–Crippen MR) is 220 cm³/mol. The van der Waals surface area contributed by atoms with Crippen LogP contribution in [0.4, 0.5) is 0 Å². The summed E-state index contributed by atoms with van der Waals surface area (Å²) in [5, 5.41) is 19.4. The van der Waals surface area contributed by atoms with E-state index < -0.39 is 41.5 Å². The molecule has 1 saturated heterocycles. The molecule has 4 rings (SSSR count). The van der Waals surface area contributed by atoms with Crippen molar-refractivity contribution >= 4 is 53.3 Å². The number of hydrogen-bond acceptors (Lipinski definition) is 9. The highest BCUT2D eigenvalue weighted by Gasteiger charge is 2.44. The Balaban J connectivity index is 0.00000841. The third kappa shape index (κ3) is 13.4. The van der Waals surface area contributed by atoms with Gasteiger partial charge in [0.2, 0.25) is 29.5 Å². The lowest BCUT2D eigenvalue weighted by molar-refractivity contribution is -0.144. The number of nitrogens with two attached hydrogens (primary N) is 2. The van der Waals surface area contributed by atoms with E-state index in [9.17, 15) is 29.1 Å². The molecule has 1 aliphatic heterocycles. The molecule has 0 aliphatic carbocycles. The van der Waals surface area contributed by atoms with Crippen molar-refractivity contribution in [3.63, 3.8) is 0 Å². The molecule has 2 heterocycles. The summed E-state index contributed by atoms with van der Waals surface area (Å²) in [7, 11) is 0. The SMILES string of the molecule is Cc1ncsc1-c1ccc([C@H](C)NC(=O)[C@@H]2C[C@@H](O)CN2C(=O)[C@@H](NC(=O)CCCCCc2cccc(CNC(=O)[C@@H](N)CCC(N)=O)c2)C(C)(C)C)cc1.Cl. The molecule has 13 nitrogen and oxygen atoms in total. The van der Waals surface area contributed by atoms with Gasteiger partial charge in [0.05, 0.1) is 34.3 Å².